The van der Waals surface area contributed by atoms with Gasteiger partial charge < -0.3 is 18.9 Å². The predicted molar refractivity (Wildman–Crippen MR) is 151 cm³/mol. The normalized spacial score (nSPS) is 18.0. The van der Waals surface area contributed by atoms with Gasteiger partial charge in [0.05, 0.1) is 25.4 Å². The molecule has 0 aliphatic heterocycles. The standard InChI is InChI=1S/C33H48O4/c1-4-26(3)27-15-17-32(18-16-27)34-19-20-35-33-28(23-36-30-11-7-5-8-12-30)21-25(2)22-29(33)24-37-31-13-9-6-10-14-31/h15-18,21-22,26,30-31H,4-14,19-20,23-24H2,1-3H3. The molecule has 204 valence electrons. The fourth-order valence-electron chi connectivity index (χ4n) is 5.64. The van der Waals surface area contributed by atoms with Crippen molar-refractivity contribution in [3.8, 4) is 11.5 Å². The van der Waals surface area contributed by atoms with E-state index in [0.717, 1.165) is 29.0 Å². The van der Waals surface area contributed by atoms with Crippen LogP contribution < -0.4 is 9.47 Å². The van der Waals surface area contributed by atoms with Crippen LogP contribution in [0.4, 0.5) is 0 Å². The van der Waals surface area contributed by atoms with Gasteiger partial charge in [-0.25, -0.2) is 0 Å². The molecule has 0 N–H and O–H groups in total. The number of benzene rings is 2. The average Bonchev–Trinajstić information content (AvgIpc) is 2.94. The minimum absolute atomic E-state index is 0.366. The summed E-state index contributed by atoms with van der Waals surface area (Å²) < 4.78 is 25.2. The lowest BCUT2D eigenvalue weighted by Crippen LogP contribution is -2.19. The first-order chi connectivity index (χ1) is 18.1. The van der Waals surface area contributed by atoms with Gasteiger partial charge in [0, 0.05) is 11.1 Å². The molecule has 4 rings (SSSR count). The minimum atomic E-state index is 0.366. The molecule has 2 fully saturated rings. The molecule has 0 heterocycles. The zero-order chi connectivity index (χ0) is 25.9. The summed E-state index contributed by atoms with van der Waals surface area (Å²) >= 11 is 0. The smallest absolute Gasteiger partial charge is 0.130 e. The largest absolute Gasteiger partial charge is 0.490 e. The van der Waals surface area contributed by atoms with Gasteiger partial charge in [-0.05, 0) is 62.6 Å². The molecule has 4 nitrogen and oxygen atoms in total. The Labute approximate surface area is 225 Å². The molecule has 0 amide bonds. The Bertz CT molecular complexity index is 883. The van der Waals surface area contributed by atoms with Crippen LogP contribution in [0.1, 0.15) is 113 Å². The summed E-state index contributed by atoms with van der Waals surface area (Å²) in [5.74, 6) is 2.39. The van der Waals surface area contributed by atoms with Crippen LogP contribution in [0.25, 0.3) is 0 Å². The topological polar surface area (TPSA) is 36.9 Å². The van der Waals surface area contributed by atoms with E-state index in [4.69, 9.17) is 18.9 Å². The van der Waals surface area contributed by atoms with E-state index in [0.29, 0.717) is 44.6 Å². The van der Waals surface area contributed by atoms with Gasteiger partial charge in [0.25, 0.3) is 0 Å². The molecule has 0 radical (unpaired) electrons. The molecule has 2 aromatic rings. The van der Waals surface area contributed by atoms with Crippen molar-refractivity contribution < 1.29 is 18.9 Å². The SMILES string of the molecule is CCC(C)c1ccc(OCCOc2c(COC3CCCCC3)cc(C)cc2COC2CCCCC2)cc1. The zero-order valence-electron chi connectivity index (χ0n) is 23.4. The van der Waals surface area contributed by atoms with Crippen molar-refractivity contribution in [1.29, 1.82) is 0 Å². The fraction of sp³-hybridized carbons (Fsp3) is 0.636. The lowest BCUT2D eigenvalue weighted by molar-refractivity contribution is 0.0121. The second kappa shape index (κ2) is 14.8. The molecule has 2 saturated carbocycles. The van der Waals surface area contributed by atoms with Crippen LogP contribution in [0.15, 0.2) is 36.4 Å². The van der Waals surface area contributed by atoms with Crippen molar-refractivity contribution in [2.45, 2.75) is 123 Å². The number of ether oxygens (including phenoxy) is 4. The summed E-state index contributed by atoms with van der Waals surface area (Å²) in [5.41, 5.74) is 4.85. The first-order valence-electron chi connectivity index (χ1n) is 14.8. The van der Waals surface area contributed by atoms with Gasteiger partial charge >= 0.3 is 0 Å². The van der Waals surface area contributed by atoms with Gasteiger partial charge in [-0.3, -0.25) is 0 Å². The van der Waals surface area contributed by atoms with Crippen molar-refractivity contribution in [2.75, 3.05) is 13.2 Å². The summed E-state index contributed by atoms with van der Waals surface area (Å²) in [6.45, 7) is 8.82. The molecule has 0 aromatic heterocycles. The Balaban J connectivity index is 1.39. The average molecular weight is 509 g/mol. The van der Waals surface area contributed by atoms with Crippen molar-refractivity contribution in [1.82, 2.24) is 0 Å². The minimum Gasteiger partial charge on any atom is -0.490 e. The van der Waals surface area contributed by atoms with Crippen LogP contribution in [-0.2, 0) is 22.7 Å². The summed E-state index contributed by atoms with van der Waals surface area (Å²) in [5, 5.41) is 0. The molecule has 0 saturated heterocycles. The highest BCUT2D eigenvalue weighted by molar-refractivity contribution is 5.44. The van der Waals surface area contributed by atoms with Crippen LogP contribution in [0.5, 0.6) is 11.5 Å². The van der Waals surface area contributed by atoms with Gasteiger partial charge in [0.15, 0.2) is 0 Å². The van der Waals surface area contributed by atoms with Crippen molar-refractivity contribution in [3.63, 3.8) is 0 Å². The van der Waals surface area contributed by atoms with Crippen molar-refractivity contribution in [2.24, 2.45) is 0 Å². The third-order valence-corrected chi connectivity index (χ3v) is 8.10. The Kier molecular flexibility index (Phi) is 11.2. The van der Waals surface area contributed by atoms with Crippen molar-refractivity contribution >= 4 is 0 Å². The number of hydrogen-bond acceptors (Lipinski definition) is 4. The summed E-state index contributed by atoms with van der Waals surface area (Å²) in [4.78, 5) is 0. The summed E-state index contributed by atoms with van der Waals surface area (Å²) in [6.07, 6.45) is 14.3. The fourth-order valence-corrected chi connectivity index (χ4v) is 5.64. The van der Waals surface area contributed by atoms with E-state index < -0.39 is 0 Å². The summed E-state index contributed by atoms with van der Waals surface area (Å²) in [7, 11) is 0. The first-order valence-corrected chi connectivity index (χ1v) is 14.8. The molecule has 2 aliphatic carbocycles. The Morgan fingerprint density at radius 2 is 1.24 bits per heavy atom. The van der Waals surface area contributed by atoms with Crippen LogP contribution >= 0.6 is 0 Å². The lowest BCUT2D eigenvalue weighted by atomic mass is 9.97. The van der Waals surface area contributed by atoms with E-state index >= 15 is 0 Å². The maximum Gasteiger partial charge on any atom is 0.130 e. The van der Waals surface area contributed by atoms with E-state index in [1.165, 1.54) is 75.3 Å². The molecule has 0 bridgehead atoms. The molecular formula is C33H48O4. The second-order valence-corrected chi connectivity index (χ2v) is 11.1. The molecule has 0 spiro atoms. The maximum atomic E-state index is 6.42. The Hall–Kier alpha value is -2.04. The highest BCUT2D eigenvalue weighted by atomic mass is 16.5. The van der Waals surface area contributed by atoms with Crippen LogP contribution in [0.3, 0.4) is 0 Å². The van der Waals surface area contributed by atoms with Crippen LogP contribution in [0, 0.1) is 6.92 Å². The van der Waals surface area contributed by atoms with E-state index in [1.807, 2.05) is 0 Å². The monoisotopic (exact) mass is 508 g/mol. The summed E-state index contributed by atoms with van der Waals surface area (Å²) in [6, 6.07) is 12.9. The third-order valence-electron chi connectivity index (χ3n) is 8.10. The van der Waals surface area contributed by atoms with Crippen LogP contribution in [0.2, 0.25) is 0 Å². The predicted octanol–water partition coefficient (Wildman–Crippen LogP) is 8.66. The number of aryl methyl sites for hydroxylation is 1. The highest BCUT2D eigenvalue weighted by Gasteiger charge is 2.19. The molecule has 2 aliphatic rings. The van der Waals surface area contributed by atoms with Crippen molar-refractivity contribution in [3.05, 3.63) is 58.7 Å². The Morgan fingerprint density at radius 3 is 1.76 bits per heavy atom. The van der Waals surface area contributed by atoms with E-state index in [2.05, 4.69) is 57.2 Å². The maximum absolute atomic E-state index is 6.42. The first kappa shape index (κ1) is 28.0. The highest BCUT2D eigenvalue weighted by Crippen LogP contribution is 2.31. The van der Waals surface area contributed by atoms with E-state index in [1.54, 1.807) is 0 Å². The molecule has 37 heavy (non-hydrogen) atoms. The second-order valence-electron chi connectivity index (χ2n) is 11.1. The molecule has 2 aromatic carbocycles. The van der Waals surface area contributed by atoms with Gasteiger partial charge in [-0.2, -0.15) is 0 Å². The van der Waals surface area contributed by atoms with Gasteiger partial charge in [-0.15, -0.1) is 0 Å². The number of rotatable bonds is 13. The molecule has 1 atom stereocenters. The van der Waals surface area contributed by atoms with Gasteiger partial charge in [0.1, 0.15) is 24.7 Å². The lowest BCUT2D eigenvalue weighted by Gasteiger charge is -2.25. The van der Waals surface area contributed by atoms with Gasteiger partial charge in [0.2, 0.25) is 0 Å². The molecular weight excluding hydrogens is 460 g/mol. The molecule has 1 unspecified atom stereocenters. The third kappa shape index (κ3) is 8.75. The quantitative estimate of drug-likeness (QED) is 0.254. The zero-order valence-corrected chi connectivity index (χ0v) is 23.4. The Morgan fingerprint density at radius 1 is 0.730 bits per heavy atom. The number of hydrogen-bond donors (Lipinski definition) is 0. The van der Waals surface area contributed by atoms with E-state index in [-0.39, 0.29) is 0 Å². The van der Waals surface area contributed by atoms with Crippen LogP contribution in [-0.4, -0.2) is 25.4 Å². The van der Waals surface area contributed by atoms with Gasteiger partial charge in [-0.1, -0.05) is 82.2 Å². The molecule has 4 heteroatoms. The van der Waals surface area contributed by atoms with E-state index in [9.17, 15) is 0 Å².